The first kappa shape index (κ1) is 94.1. The zero-order valence-electron chi connectivity index (χ0n) is 63.0. The lowest BCUT2D eigenvalue weighted by atomic mass is 9.99. The van der Waals surface area contributed by atoms with E-state index in [1.54, 1.807) is 0 Å². The smallest absolute Gasteiger partial charge is 0.462 e. The van der Waals surface area contributed by atoms with Crippen LogP contribution < -0.4 is 0 Å². The van der Waals surface area contributed by atoms with E-state index in [1.165, 1.54) is 186 Å². The van der Waals surface area contributed by atoms with E-state index in [0.29, 0.717) is 31.6 Å². The van der Waals surface area contributed by atoms with E-state index < -0.39 is 97.5 Å². The van der Waals surface area contributed by atoms with Gasteiger partial charge in [0.15, 0.2) is 12.2 Å². The van der Waals surface area contributed by atoms with Crippen LogP contribution in [0.5, 0.6) is 0 Å². The fourth-order valence-corrected chi connectivity index (χ4v) is 13.2. The predicted octanol–water partition coefficient (Wildman–Crippen LogP) is 22.4. The number of phosphoric ester groups is 2. The summed E-state index contributed by atoms with van der Waals surface area (Å²) in [5.74, 6) is 0.951. The first-order valence-electron chi connectivity index (χ1n) is 39.8. The van der Waals surface area contributed by atoms with Gasteiger partial charge in [0.1, 0.15) is 19.3 Å². The van der Waals surface area contributed by atoms with Crippen LogP contribution in [0.4, 0.5) is 0 Å². The normalized spacial score (nSPS) is 14.7. The fraction of sp³-hybridized carbons (Fsp3) is 0.948. The monoisotopic (exact) mass is 1410 g/mol. The van der Waals surface area contributed by atoms with Crippen molar-refractivity contribution in [2.45, 2.75) is 408 Å². The summed E-state index contributed by atoms with van der Waals surface area (Å²) in [7, 11) is -9.91. The van der Waals surface area contributed by atoms with Crippen LogP contribution in [-0.4, -0.2) is 96.7 Å². The van der Waals surface area contributed by atoms with Crippen molar-refractivity contribution in [3.05, 3.63) is 0 Å². The van der Waals surface area contributed by atoms with E-state index in [1.807, 2.05) is 0 Å². The molecular formula is C77H150O17P2. The highest BCUT2D eigenvalue weighted by Crippen LogP contribution is 2.45. The first-order valence-corrected chi connectivity index (χ1v) is 42.8. The Morgan fingerprint density at radius 2 is 0.500 bits per heavy atom. The molecule has 0 bridgehead atoms. The molecule has 0 aromatic carbocycles. The molecule has 0 aliphatic rings. The highest BCUT2D eigenvalue weighted by Gasteiger charge is 2.30. The number of esters is 4. The standard InChI is InChI=1S/C77H150O17P2/c1-9-69(7)55-47-39-30-24-21-22-26-33-43-51-59-76(81)93-73(64-88-75(80)58-50-42-36-35-38-46-54-68(5)6)66-92-96(85,86)90-62-71(78)61-89-95(83,84)91-65-72(94-77(82)60-52-44-34-28-27-31-40-48-56-70(8)10-2)63-87-74(79)57-49-41-32-25-20-18-16-14-12-11-13-15-17-19-23-29-37-45-53-67(3)4/h67-73,78H,9-66H2,1-8H3,(H,83,84)(H,85,86)/t69?,70?,71-,72-,73-/m1/s1. The van der Waals surface area contributed by atoms with Crippen molar-refractivity contribution in [2.24, 2.45) is 23.7 Å². The van der Waals surface area contributed by atoms with Gasteiger partial charge in [-0.3, -0.25) is 37.3 Å². The van der Waals surface area contributed by atoms with E-state index in [2.05, 4.69) is 55.4 Å². The Balaban J connectivity index is 5.17. The predicted molar refractivity (Wildman–Crippen MR) is 391 cm³/mol. The minimum atomic E-state index is -4.96. The maximum atomic E-state index is 13.1. The second kappa shape index (κ2) is 66.3. The third kappa shape index (κ3) is 67.9. The Bertz CT molecular complexity index is 1890. The van der Waals surface area contributed by atoms with Crippen molar-refractivity contribution in [1.82, 2.24) is 0 Å². The molecule has 3 N–H and O–H groups in total. The van der Waals surface area contributed by atoms with Gasteiger partial charge in [0, 0.05) is 25.7 Å². The van der Waals surface area contributed by atoms with Crippen molar-refractivity contribution in [2.75, 3.05) is 39.6 Å². The highest BCUT2D eigenvalue weighted by molar-refractivity contribution is 7.47. The Hall–Kier alpha value is -1.94. The largest absolute Gasteiger partial charge is 0.472 e. The highest BCUT2D eigenvalue weighted by atomic mass is 31.2. The zero-order valence-corrected chi connectivity index (χ0v) is 64.8. The van der Waals surface area contributed by atoms with Crippen molar-refractivity contribution in [3.63, 3.8) is 0 Å². The molecule has 0 saturated heterocycles. The number of rotatable bonds is 74. The first-order chi connectivity index (χ1) is 46.2. The summed E-state index contributed by atoms with van der Waals surface area (Å²) in [6.07, 6.45) is 51.5. The van der Waals surface area contributed by atoms with E-state index in [-0.39, 0.29) is 25.7 Å². The lowest BCUT2D eigenvalue weighted by Gasteiger charge is -2.21. The van der Waals surface area contributed by atoms with Gasteiger partial charge in [-0.05, 0) is 49.4 Å². The molecule has 4 unspecified atom stereocenters. The second-order valence-corrected chi connectivity index (χ2v) is 32.1. The molecule has 570 valence electrons. The summed E-state index contributed by atoms with van der Waals surface area (Å²) in [6.45, 7) is 14.2. The fourth-order valence-electron chi connectivity index (χ4n) is 11.7. The molecule has 0 amide bonds. The summed E-state index contributed by atoms with van der Waals surface area (Å²) in [5, 5.41) is 10.6. The van der Waals surface area contributed by atoms with E-state index in [9.17, 15) is 43.2 Å². The third-order valence-electron chi connectivity index (χ3n) is 18.5. The molecule has 96 heavy (non-hydrogen) atoms. The van der Waals surface area contributed by atoms with Crippen molar-refractivity contribution in [1.29, 1.82) is 0 Å². The summed E-state index contributed by atoms with van der Waals surface area (Å²) in [4.78, 5) is 72.8. The van der Waals surface area contributed by atoms with Gasteiger partial charge in [-0.1, -0.05) is 338 Å². The SMILES string of the molecule is CCC(C)CCCCCCCCCCCCC(=O)O[C@H](COC(=O)CCCCCCCCC(C)C)COP(=O)(O)OC[C@H](O)COP(=O)(O)OC[C@@H](COC(=O)CCCCCCCCCCCCCCCCCCCCC(C)C)OC(=O)CCCCCCCCCCC(C)CC. The van der Waals surface area contributed by atoms with Gasteiger partial charge < -0.3 is 33.8 Å². The number of carbonyl (C=O) groups is 4. The van der Waals surface area contributed by atoms with Gasteiger partial charge in [-0.25, -0.2) is 9.13 Å². The Morgan fingerprint density at radius 3 is 0.740 bits per heavy atom. The van der Waals surface area contributed by atoms with Gasteiger partial charge in [0.25, 0.3) is 0 Å². The van der Waals surface area contributed by atoms with Crippen LogP contribution in [0.15, 0.2) is 0 Å². The number of hydrogen-bond acceptors (Lipinski definition) is 15. The minimum Gasteiger partial charge on any atom is -0.462 e. The van der Waals surface area contributed by atoms with Crippen LogP contribution >= 0.6 is 15.6 Å². The topological polar surface area (TPSA) is 237 Å². The molecular weight excluding hydrogens is 1260 g/mol. The molecule has 0 spiro atoms. The second-order valence-electron chi connectivity index (χ2n) is 29.2. The number of ether oxygens (including phenoxy) is 4. The number of phosphoric acid groups is 2. The van der Waals surface area contributed by atoms with E-state index in [4.69, 9.17) is 37.0 Å². The van der Waals surface area contributed by atoms with Crippen LogP contribution in [0.25, 0.3) is 0 Å². The average Bonchev–Trinajstić information content (AvgIpc) is 1.13. The van der Waals surface area contributed by atoms with Crippen molar-refractivity contribution >= 4 is 39.5 Å². The number of aliphatic hydroxyl groups excluding tert-OH is 1. The van der Waals surface area contributed by atoms with Crippen LogP contribution in [-0.2, 0) is 65.4 Å². The van der Waals surface area contributed by atoms with Gasteiger partial charge >= 0.3 is 39.5 Å². The van der Waals surface area contributed by atoms with Crippen LogP contribution in [0.3, 0.4) is 0 Å². The van der Waals surface area contributed by atoms with Crippen molar-refractivity contribution < 1.29 is 80.2 Å². The number of unbranched alkanes of at least 4 members (excludes halogenated alkanes) is 38. The summed E-state index contributed by atoms with van der Waals surface area (Å²) >= 11 is 0. The Morgan fingerprint density at radius 1 is 0.292 bits per heavy atom. The van der Waals surface area contributed by atoms with Gasteiger partial charge in [0.2, 0.25) is 0 Å². The molecule has 7 atom stereocenters. The molecule has 17 nitrogen and oxygen atoms in total. The van der Waals surface area contributed by atoms with E-state index >= 15 is 0 Å². The average molecular weight is 1410 g/mol. The molecule has 0 aliphatic heterocycles. The number of hydrogen-bond donors (Lipinski definition) is 3. The molecule has 0 aliphatic carbocycles. The van der Waals surface area contributed by atoms with Crippen LogP contribution in [0.2, 0.25) is 0 Å². The maximum absolute atomic E-state index is 13.1. The van der Waals surface area contributed by atoms with Crippen LogP contribution in [0, 0.1) is 23.7 Å². The quantitative estimate of drug-likeness (QED) is 0.0222. The van der Waals surface area contributed by atoms with Gasteiger partial charge in [-0.2, -0.15) is 0 Å². The molecule has 0 heterocycles. The Kier molecular flexibility index (Phi) is 65.0. The van der Waals surface area contributed by atoms with Gasteiger partial charge in [-0.15, -0.1) is 0 Å². The maximum Gasteiger partial charge on any atom is 0.472 e. The lowest BCUT2D eigenvalue weighted by molar-refractivity contribution is -0.161. The number of carbonyl (C=O) groups excluding carboxylic acids is 4. The van der Waals surface area contributed by atoms with E-state index in [0.717, 1.165) is 114 Å². The van der Waals surface area contributed by atoms with Crippen molar-refractivity contribution in [3.8, 4) is 0 Å². The third-order valence-corrected chi connectivity index (χ3v) is 20.4. The van der Waals surface area contributed by atoms with Crippen LogP contribution in [0.1, 0.15) is 389 Å². The van der Waals surface area contributed by atoms with Gasteiger partial charge in [0.05, 0.1) is 26.4 Å². The summed E-state index contributed by atoms with van der Waals surface area (Å²) in [6, 6.07) is 0. The molecule has 0 rings (SSSR count). The molecule has 0 aromatic heterocycles. The lowest BCUT2D eigenvalue weighted by Crippen LogP contribution is -2.30. The Labute approximate surface area is 588 Å². The molecule has 0 fully saturated rings. The summed E-state index contributed by atoms with van der Waals surface area (Å²) < 4.78 is 68.5. The molecule has 0 aromatic rings. The summed E-state index contributed by atoms with van der Waals surface area (Å²) in [5.41, 5.74) is 0. The molecule has 19 heteroatoms. The molecule has 0 radical (unpaired) electrons. The zero-order chi connectivity index (χ0) is 71.0. The molecule has 0 saturated carbocycles. The number of aliphatic hydroxyl groups is 1. The minimum absolute atomic E-state index is 0.105.